The van der Waals surface area contributed by atoms with Gasteiger partial charge in [0, 0.05) is 40.2 Å². The van der Waals surface area contributed by atoms with Crippen molar-refractivity contribution in [1.82, 2.24) is 14.5 Å². The van der Waals surface area contributed by atoms with Gasteiger partial charge in [0.15, 0.2) is 6.29 Å². The second-order valence-electron chi connectivity index (χ2n) is 4.22. The maximum atomic E-state index is 11.1. The minimum atomic E-state index is 0.633. The van der Waals surface area contributed by atoms with Crippen LogP contribution < -0.4 is 0 Å². The number of aromatic nitrogens is 3. The van der Waals surface area contributed by atoms with Gasteiger partial charge in [-0.1, -0.05) is 0 Å². The van der Waals surface area contributed by atoms with E-state index in [9.17, 15) is 4.79 Å². The Hall–Kier alpha value is -2.01. The van der Waals surface area contributed by atoms with Gasteiger partial charge >= 0.3 is 0 Å². The molecule has 0 fully saturated rings. The number of nitrogens with zero attached hydrogens (tertiary/aromatic N) is 3. The van der Waals surface area contributed by atoms with Crippen molar-refractivity contribution in [3.05, 3.63) is 58.6 Å². The minimum absolute atomic E-state index is 0.633. The highest BCUT2D eigenvalue weighted by Gasteiger charge is 2.09. The van der Waals surface area contributed by atoms with E-state index in [4.69, 9.17) is 0 Å². The first-order valence-corrected chi connectivity index (χ1v) is 6.55. The second kappa shape index (κ2) is 4.93. The highest BCUT2D eigenvalue weighted by Crippen LogP contribution is 2.19. The molecule has 0 aliphatic heterocycles. The topological polar surface area (TPSA) is 47.8 Å². The van der Waals surface area contributed by atoms with Crippen LogP contribution in [-0.2, 0) is 6.54 Å². The van der Waals surface area contributed by atoms with E-state index in [1.54, 1.807) is 18.6 Å². The zero-order valence-electron chi connectivity index (χ0n) is 9.95. The average Bonchev–Trinajstić information content (AvgIpc) is 2.77. The molecule has 0 N–H and O–H groups in total. The fourth-order valence-corrected chi connectivity index (χ4v) is 2.52. The number of hydrogen-bond donors (Lipinski definition) is 0. The molecule has 0 atom stereocenters. The summed E-state index contributed by atoms with van der Waals surface area (Å²) >= 11 is 3.40. The van der Waals surface area contributed by atoms with E-state index in [0.717, 1.165) is 27.4 Å². The van der Waals surface area contributed by atoms with Gasteiger partial charge in [-0.3, -0.25) is 9.78 Å². The first-order chi connectivity index (χ1) is 9.28. The molecular weight excluding hydrogens is 306 g/mol. The van der Waals surface area contributed by atoms with Crippen LogP contribution in [0.25, 0.3) is 11.0 Å². The molecule has 3 rings (SSSR count). The molecule has 19 heavy (non-hydrogen) atoms. The molecule has 0 aliphatic carbocycles. The molecular formula is C14H10BrN3O. The van der Waals surface area contributed by atoms with Crippen molar-refractivity contribution in [3.63, 3.8) is 0 Å². The van der Waals surface area contributed by atoms with Crippen molar-refractivity contribution >= 4 is 33.2 Å². The van der Waals surface area contributed by atoms with Crippen LogP contribution in [0.1, 0.15) is 15.9 Å². The van der Waals surface area contributed by atoms with E-state index in [-0.39, 0.29) is 0 Å². The van der Waals surface area contributed by atoms with Gasteiger partial charge in [-0.25, -0.2) is 4.98 Å². The number of carbonyl (C=O) groups excluding carboxylic acids is 1. The molecule has 0 radical (unpaired) electrons. The summed E-state index contributed by atoms with van der Waals surface area (Å²) in [6.45, 7) is 0.633. The SMILES string of the molecule is O=Cc1cn(Cc2cncc(Br)c2)c2ncccc12. The van der Waals surface area contributed by atoms with Gasteiger partial charge in [0.2, 0.25) is 0 Å². The van der Waals surface area contributed by atoms with Crippen LogP contribution in [-0.4, -0.2) is 20.8 Å². The van der Waals surface area contributed by atoms with E-state index in [1.807, 2.05) is 29.0 Å². The number of fused-ring (bicyclic) bond motifs is 1. The summed E-state index contributed by atoms with van der Waals surface area (Å²) in [5, 5.41) is 0.875. The highest BCUT2D eigenvalue weighted by molar-refractivity contribution is 9.10. The Balaban J connectivity index is 2.08. The predicted octanol–water partition coefficient (Wildman–Crippen LogP) is 3.05. The van der Waals surface area contributed by atoms with E-state index in [2.05, 4.69) is 25.9 Å². The fourth-order valence-electron chi connectivity index (χ4n) is 2.10. The fraction of sp³-hybridized carbons (Fsp3) is 0.0714. The van der Waals surface area contributed by atoms with E-state index < -0.39 is 0 Å². The normalized spacial score (nSPS) is 10.8. The van der Waals surface area contributed by atoms with Crippen molar-refractivity contribution in [2.24, 2.45) is 0 Å². The Morgan fingerprint density at radius 3 is 3.05 bits per heavy atom. The molecule has 0 saturated carbocycles. The third-order valence-corrected chi connectivity index (χ3v) is 3.34. The lowest BCUT2D eigenvalue weighted by atomic mass is 10.2. The molecule has 5 heteroatoms. The van der Waals surface area contributed by atoms with Crippen molar-refractivity contribution < 1.29 is 4.79 Å². The van der Waals surface area contributed by atoms with E-state index >= 15 is 0 Å². The molecule has 3 heterocycles. The van der Waals surface area contributed by atoms with Crippen LogP contribution in [0.15, 0.2) is 47.5 Å². The first kappa shape index (κ1) is 12.0. The van der Waals surface area contributed by atoms with Gasteiger partial charge in [-0.15, -0.1) is 0 Å². The average molecular weight is 316 g/mol. The molecule has 3 aromatic heterocycles. The van der Waals surface area contributed by atoms with Crippen LogP contribution in [0.4, 0.5) is 0 Å². The molecule has 0 aromatic carbocycles. The zero-order valence-corrected chi connectivity index (χ0v) is 11.5. The number of halogens is 1. The summed E-state index contributed by atoms with van der Waals surface area (Å²) < 4.78 is 2.90. The molecule has 0 aliphatic rings. The largest absolute Gasteiger partial charge is 0.327 e. The Labute approximate surface area is 118 Å². The minimum Gasteiger partial charge on any atom is -0.327 e. The summed E-state index contributed by atoms with van der Waals surface area (Å²) in [6, 6.07) is 5.74. The molecule has 0 bridgehead atoms. The van der Waals surface area contributed by atoms with Crippen LogP contribution in [0.3, 0.4) is 0 Å². The van der Waals surface area contributed by atoms with Gasteiger partial charge in [0.1, 0.15) is 5.65 Å². The van der Waals surface area contributed by atoms with Crippen molar-refractivity contribution in [2.75, 3.05) is 0 Å². The van der Waals surface area contributed by atoms with Gasteiger partial charge in [0.25, 0.3) is 0 Å². The molecule has 0 amide bonds. The van der Waals surface area contributed by atoms with Crippen molar-refractivity contribution in [2.45, 2.75) is 6.54 Å². The zero-order chi connectivity index (χ0) is 13.2. The maximum absolute atomic E-state index is 11.1. The van der Waals surface area contributed by atoms with Crippen LogP contribution in [0.5, 0.6) is 0 Å². The Kier molecular flexibility index (Phi) is 3.13. The number of hydrogen-bond acceptors (Lipinski definition) is 3. The molecule has 3 aromatic rings. The van der Waals surface area contributed by atoms with Gasteiger partial charge < -0.3 is 4.57 Å². The van der Waals surface area contributed by atoms with Gasteiger partial charge in [-0.2, -0.15) is 0 Å². The Morgan fingerprint density at radius 2 is 2.26 bits per heavy atom. The number of pyridine rings is 2. The van der Waals surface area contributed by atoms with Crippen molar-refractivity contribution in [3.8, 4) is 0 Å². The number of carbonyl (C=O) groups is 1. The van der Waals surface area contributed by atoms with Crippen molar-refractivity contribution in [1.29, 1.82) is 0 Å². The quantitative estimate of drug-likeness (QED) is 0.698. The van der Waals surface area contributed by atoms with E-state index in [1.165, 1.54) is 0 Å². The molecule has 0 spiro atoms. The Morgan fingerprint density at radius 1 is 1.37 bits per heavy atom. The standard InChI is InChI=1S/C14H10BrN3O/c15-12-4-10(5-16-6-12)7-18-8-11(9-19)13-2-1-3-17-14(13)18/h1-6,8-9H,7H2. The molecule has 94 valence electrons. The smallest absolute Gasteiger partial charge is 0.152 e. The number of rotatable bonds is 3. The summed E-state index contributed by atoms with van der Waals surface area (Å²) in [4.78, 5) is 19.6. The summed E-state index contributed by atoms with van der Waals surface area (Å²) in [6.07, 6.45) is 7.96. The van der Waals surface area contributed by atoms with E-state index in [0.29, 0.717) is 12.1 Å². The number of aldehydes is 1. The van der Waals surface area contributed by atoms with Gasteiger partial charge in [-0.05, 0) is 39.7 Å². The monoisotopic (exact) mass is 315 g/mol. The summed E-state index contributed by atoms with van der Waals surface area (Å²) in [7, 11) is 0. The Bertz CT molecular complexity index is 751. The molecule has 4 nitrogen and oxygen atoms in total. The lowest BCUT2D eigenvalue weighted by Gasteiger charge is -2.04. The maximum Gasteiger partial charge on any atom is 0.152 e. The lowest BCUT2D eigenvalue weighted by Crippen LogP contribution is -1.99. The van der Waals surface area contributed by atoms with Gasteiger partial charge in [0.05, 0.1) is 6.54 Å². The van der Waals surface area contributed by atoms with Crippen LogP contribution in [0.2, 0.25) is 0 Å². The lowest BCUT2D eigenvalue weighted by molar-refractivity contribution is 0.112. The first-order valence-electron chi connectivity index (χ1n) is 5.76. The highest BCUT2D eigenvalue weighted by atomic mass is 79.9. The summed E-state index contributed by atoms with van der Waals surface area (Å²) in [5.41, 5.74) is 2.52. The molecule has 0 unspecified atom stereocenters. The third kappa shape index (κ3) is 2.29. The summed E-state index contributed by atoms with van der Waals surface area (Å²) in [5.74, 6) is 0. The van der Waals surface area contributed by atoms with Crippen LogP contribution in [0, 0.1) is 0 Å². The third-order valence-electron chi connectivity index (χ3n) is 2.91. The predicted molar refractivity (Wildman–Crippen MR) is 76.2 cm³/mol. The van der Waals surface area contributed by atoms with Crippen LogP contribution >= 0.6 is 15.9 Å². The second-order valence-corrected chi connectivity index (χ2v) is 5.13. The molecule has 0 saturated heterocycles.